The highest BCUT2D eigenvalue weighted by Gasteiger charge is 2.53. The minimum atomic E-state index is -0.206. The predicted octanol–water partition coefficient (Wildman–Crippen LogP) is 3.61. The summed E-state index contributed by atoms with van der Waals surface area (Å²) in [7, 11) is 0. The van der Waals surface area contributed by atoms with E-state index in [1.807, 2.05) is 6.07 Å². The Morgan fingerprint density at radius 1 is 1.25 bits per heavy atom. The number of hydrogen-bond donors (Lipinski definition) is 2. The van der Waals surface area contributed by atoms with E-state index >= 15 is 0 Å². The minimum absolute atomic E-state index is 0.206. The zero-order chi connectivity index (χ0) is 13.9. The van der Waals surface area contributed by atoms with Crippen molar-refractivity contribution >= 4 is 0 Å². The third-order valence-corrected chi connectivity index (χ3v) is 6.46. The third-order valence-electron chi connectivity index (χ3n) is 6.46. The molecule has 108 valence electrons. The Morgan fingerprint density at radius 3 is 2.95 bits per heavy atom. The molecule has 2 saturated carbocycles. The number of benzene rings is 1. The maximum atomic E-state index is 10.8. The first-order chi connectivity index (χ1) is 9.58. The normalized spacial score (nSPS) is 42.7. The molecule has 5 atom stereocenters. The van der Waals surface area contributed by atoms with Crippen molar-refractivity contribution in [2.45, 2.75) is 57.5 Å². The van der Waals surface area contributed by atoms with Crippen LogP contribution in [0.3, 0.4) is 0 Å². The molecule has 2 nitrogen and oxygen atoms in total. The van der Waals surface area contributed by atoms with Crippen molar-refractivity contribution in [1.82, 2.24) is 0 Å². The second kappa shape index (κ2) is 4.24. The lowest BCUT2D eigenvalue weighted by molar-refractivity contribution is -0.0371. The number of aromatic hydroxyl groups is 1. The van der Waals surface area contributed by atoms with Crippen molar-refractivity contribution in [2.75, 3.05) is 0 Å². The van der Waals surface area contributed by atoms with Crippen LogP contribution < -0.4 is 0 Å². The summed E-state index contributed by atoms with van der Waals surface area (Å²) in [5.74, 6) is 2.09. The third kappa shape index (κ3) is 1.67. The molecule has 0 spiro atoms. The van der Waals surface area contributed by atoms with Crippen LogP contribution in [0, 0.1) is 17.3 Å². The fourth-order valence-electron chi connectivity index (χ4n) is 5.66. The van der Waals surface area contributed by atoms with Crippen molar-refractivity contribution in [2.24, 2.45) is 17.3 Å². The Labute approximate surface area is 120 Å². The molecule has 4 rings (SSSR count). The molecule has 2 fully saturated rings. The summed E-state index contributed by atoms with van der Waals surface area (Å²) < 4.78 is 0. The smallest absolute Gasteiger partial charge is 0.115 e. The van der Waals surface area contributed by atoms with Crippen molar-refractivity contribution < 1.29 is 10.2 Å². The predicted molar refractivity (Wildman–Crippen MR) is 78.7 cm³/mol. The molecule has 3 unspecified atom stereocenters. The molecule has 0 aromatic heterocycles. The minimum Gasteiger partial charge on any atom is -0.508 e. The quantitative estimate of drug-likeness (QED) is 0.757. The van der Waals surface area contributed by atoms with Gasteiger partial charge in [0.15, 0.2) is 0 Å². The summed E-state index contributed by atoms with van der Waals surface area (Å²) in [5.41, 5.74) is 2.93. The topological polar surface area (TPSA) is 40.5 Å². The lowest BCUT2D eigenvalue weighted by atomic mass is 9.55. The highest BCUT2D eigenvalue weighted by molar-refractivity contribution is 5.40. The first kappa shape index (κ1) is 12.7. The zero-order valence-electron chi connectivity index (χ0n) is 12.2. The fourth-order valence-corrected chi connectivity index (χ4v) is 5.66. The van der Waals surface area contributed by atoms with E-state index < -0.39 is 0 Å². The summed E-state index contributed by atoms with van der Waals surface area (Å²) in [6.45, 7) is 2.40. The van der Waals surface area contributed by atoms with E-state index in [0.717, 1.165) is 18.8 Å². The number of fused-ring (bicyclic) bond motifs is 5. The SMILES string of the molecule is C[C@@]12CCCC1C1CCc3cc(O)ccc3C1[C@@H](O)C2. The molecule has 0 heterocycles. The van der Waals surface area contributed by atoms with Crippen LogP contribution >= 0.6 is 0 Å². The van der Waals surface area contributed by atoms with Crippen LogP contribution in [0.1, 0.15) is 56.1 Å². The molecule has 0 radical (unpaired) electrons. The first-order valence-electron chi connectivity index (χ1n) is 8.08. The Bertz CT molecular complexity index is 538. The van der Waals surface area contributed by atoms with E-state index in [9.17, 15) is 10.2 Å². The monoisotopic (exact) mass is 272 g/mol. The Morgan fingerprint density at radius 2 is 2.10 bits per heavy atom. The van der Waals surface area contributed by atoms with E-state index in [-0.39, 0.29) is 6.10 Å². The second-order valence-corrected chi connectivity index (χ2v) is 7.54. The molecule has 1 aromatic carbocycles. The van der Waals surface area contributed by atoms with Crippen LogP contribution in [0.25, 0.3) is 0 Å². The van der Waals surface area contributed by atoms with Crippen molar-refractivity contribution in [1.29, 1.82) is 0 Å². The standard InChI is InChI=1S/C18H24O2/c1-18-8-2-3-15(18)14-6-4-11-9-12(19)5-7-13(11)17(14)16(20)10-18/h5,7,9,14-17,19-20H,2-4,6,8,10H2,1H3/t14?,15?,16-,17?,18-/m0/s1. The molecule has 1 aromatic rings. The van der Waals surface area contributed by atoms with Gasteiger partial charge in [0.25, 0.3) is 0 Å². The second-order valence-electron chi connectivity index (χ2n) is 7.54. The zero-order valence-corrected chi connectivity index (χ0v) is 12.2. The maximum absolute atomic E-state index is 10.8. The van der Waals surface area contributed by atoms with Gasteiger partial charge >= 0.3 is 0 Å². The average molecular weight is 272 g/mol. The molecule has 3 aliphatic carbocycles. The van der Waals surface area contributed by atoms with Crippen LogP contribution in [0.5, 0.6) is 5.75 Å². The number of phenols is 1. The molecule has 3 aliphatic rings. The molecule has 0 saturated heterocycles. The van der Waals surface area contributed by atoms with Crippen LogP contribution in [0.15, 0.2) is 18.2 Å². The van der Waals surface area contributed by atoms with Gasteiger partial charge in [0, 0.05) is 5.92 Å². The first-order valence-corrected chi connectivity index (χ1v) is 8.08. The largest absolute Gasteiger partial charge is 0.508 e. The molecule has 0 amide bonds. The summed E-state index contributed by atoms with van der Waals surface area (Å²) in [6, 6.07) is 5.75. The van der Waals surface area contributed by atoms with E-state index in [0.29, 0.717) is 23.0 Å². The van der Waals surface area contributed by atoms with Gasteiger partial charge in [-0.25, -0.2) is 0 Å². The van der Waals surface area contributed by atoms with Crippen molar-refractivity contribution in [3.8, 4) is 5.75 Å². The number of hydrogen-bond acceptors (Lipinski definition) is 2. The highest BCUT2D eigenvalue weighted by atomic mass is 16.3. The van der Waals surface area contributed by atoms with Gasteiger partial charge in [-0.1, -0.05) is 19.4 Å². The molecule has 0 aliphatic heterocycles. The number of aliphatic hydroxyl groups excluding tert-OH is 1. The van der Waals surface area contributed by atoms with E-state index in [4.69, 9.17) is 0 Å². The van der Waals surface area contributed by atoms with Crippen LogP contribution in [-0.2, 0) is 6.42 Å². The van der Waals surface area contributed by atoms with Crippen LogP contribution in [-0.4, -0.2) is 16.3 Å². The van der Waals surface area contributed by atoms with Gasteiger partial charge in [-0.2, -0.15) is 0 Å². The Balaban J connectivity index is 1.77. The van der Waals surface area contributed by atoms with Crippen molar-refractivity contribution in [3.05, 3.63) is 29.3 Å². The van der Waals surface area contributed by atoms with Gasteiger partial charge < -0.3 is 10.2 Å². The number of rotatable bonds is 0. The van der Waals surface area contributed by atoms with E-state index in [1.165, 1.54) is 36.8 Å². The molecular formula is C18H24O2. The summed E-state index contributed by atoms with van der Waals surface area (Å²) >= 11 is 0. The van der Waals surface area contributed by atoms with Gasteiger partial charge in [0.1, 0.15) is 5.75 Å². The number of aryl methyl sites for hydroxylation is 1. The number of phenolic OH excluding ortho intramolecular Hbond substituents is 1. The number of aliphatic hydroxyl groups is 1. The fraction of sp³-hybridized carbons (Fsp3) is 0.667. The average Bonchev–Trinajstić information content (AvgIpc) is 2.79. The van der Waals surface area contributed by atoms with E-state index in [1.54, 1.807) is 6.07 Å². The Kier molecular flexibility index (Phi) is 2.69. The molecule has 2 N–H and O–H groups in total. The molecule has 2 heteroatoms. The van der Waals surface area contributed by atoms with Gasteiger partial charge in [-0.15, -0.1) is 0 Å². The van der Waals surface area contributed by atoms with Crippen molar-refractivity contribution in [3.63, 3.8) is 0 Å². The van der Waals surface area contributed by atoms with Gasteiger partial charge in [0.05, 0.1) is 6.10 Å². The molecule has 20 heavy (non-hydrogen) atoms. The lowest BCUT2D eigenvalue weighted by Gasteiger charge is -2.51. The maximum Gasteiger partial charge on any atom is 0.115 e. The highest BCUT2D eigenvalue weighted by Crippen LogP contribution is 2.60. The van der Waals surface area contributed by atoms with Gasteiger partial charge in [-0.05, 0) is 72.6 Å². The van der Waals surface area contributed by atoms with Gasteiger partial charge in [-0.3, -0.25) is 0 Å². The summed E-state index contributed by atoms with van der Waals surface area (Å²) in [5, 5.41) is 20.4. The molecular weight excluding hydrogens is 248 g/mol. The lowest BCUT2D eigenvalue weighted by Crippen LogP contribution is -2.46. The van der Waals surface area contributed by atoms with Gasteiger partial charge in [0.2, 0.25) is 0 Å². The summed E-state index contributed by atoms with van der Waals surface area (Å²) in [4.78, 5) is 0. The van der Waals surface area contributed by atoms with Crippen LogP contribution in [0.2, 0.25) is 0 Å². The summed E-state index contributed by atoms with van der Waals surface area (Å²) in [6.07, 6.45) is 6.96. The Hall–Kier alpha value is -1.02. The van der Waals surface area contributed by atoms with E-state index in [2.05, 4.69) is 13.0 Å². The molecule has 0 bridgehead atoms. The van der Waals surface area contributed by atoms with Crippen LogP contribution in [0.4, 0.5) is 0 Å².